The summed E-state index contributed by atoms with van der Waals surface area (Å²) in [5.74, 6) is -0.0569. The summed E-state index contributed by atoms with van der Waals surface area (Å²) < 4.78 is 5.71. The number of carbonyl (C=O) groups excluding carboxylic acids is 2. The van der Waals surface area contributed by atoms with Gasteiger partial charge in [-0.1, -0.05) is 54.6 Å². The largest absolute Gasteiger partial charge is 0.489 e. The van der Waals surface area contributed by atoms with Gasteiger partial charge in [-0.25, -0.2) is 0 Å². The second kappa shape index (κ2) is 8.48. The molecule has 2 N–H and O–H groups in total. The van der Waals surface area contributed by atoms with Crippen molar-refractivity contribution in [1.29, 1.82) is 0 Å². The third-order valence-corrected chi connectivity index (χ3v) is 3.73. The molecule has 0 aliphatic carbocycles. The minimum Gasteiger partial charge on any atom is -0.489 e. The molecule has 0 bridgehead atoms. The maximum Gasteiger partial charge on any atom is 0.270 e. The van der Waals surface area contributed by atoms with Gasteiger partial charge >= 0.3 is 0 Å². The van der Waals surface area contributed by atoms with Gasteiger partial charge in [0.25, 0.3) is 11.8 Å². The molecule has 3 aromatic carbocycles. The monoisotopic (exact) mass is 346 g/mol. The van der Waals surface area contributed by atoms with Crippen LogP contribution in [-0.4, -0.2) is 11.8 Å². The summed E-state index contributed by atoms with van der Waals surface area (Å²) in [7, 11) is 0. The van der Waals surface area contributed by atoms with Crippen molar-refractivity contribution in [2.45, 2.75) is 6.61 Å². The Kier molecular flexibility index (Phi) is 5.62. The molecule has 0 fully saturated rings. The predicted octanol–water partition coefficient (Wildman–Crippen LogP) is 3.34. The molecule has 5 heteroatoms. The highest BCUT2D eigenvalue weighted by molar-refractivity contribution is 5.99. The molecule has 0 heterocycles. The smallest absolute Gasteiger partial charge is 0.270 e. The third-order valence-electron chi connectivity index (χ3n) is 3.73. The molecule has 0 saturated carbocycles. The SMILES string of the molecule is O=C(NNC(=O)c1ccccc1COc1ccccc1)c1ccccc1. The number of para-hydroxylation sites is 1. The van der Waals surface area contributed by atoms with Crippen molar-refractivity contribution in [2.75, 3.05) is 0 Å². The van der Waals surface area contributed by atoms with Crippen LogP contribution in [0.5, 0.6) is 5.75 Å². The molecule has 0 saturated heterocycles. The van der Waals surface area contributed by atoms with E-state index >= 15 is 0 Å². The number of ether oxygens (including phenoxy) is 1. The number of benzene rings is 3. The zero-order chi connectivity index (χ0) is 18.2. The fraction of sp³-hybridized carbons (Fsp3) is 0.0476. The Morgan fingerprint density at radius 2 is 1.27 bits per heavy atom. The second-order valence-corrected chi connectivity index (χ2v) is 5.53. The van der Waals surface area contributed by atoms with E-state index in [2.05, 4.69) is 10.9 Å². The van der Waals surface area contributed by atoms with E-state index in [0.717, 1.165) is 11.3 Å². The average molecular weight is 346 g/mol. The fourth-order valence-corrected chi connectivity index (χ4v) is 2.39. The van der Waals surface area contributed by atoms with Gasteiger partial charge in [0.15, 0.2) is 0 Å². The van der Waals surface area contributed by atoms with E-state index in [0.29, 0.717) is 11.1 Å². The van der Waals surface area contributed by atoms with Crippen LogP contribution in [0.25, 0.3) is 0 Å². The minimum absolute atomic E-state index is 0.250. The van der Waals surface area contributed by atoms with E-state index in [9.17, 15) is 9.59 Å². The minimum atomic E-state index is -0.401. The maximum atomic E-state index is 12.4. The van der Waals surface area contributed by atoms with Crippen molar-refractivity contribution < 1.29 is 14.3 Å². The van der Waals surface area contributed by atoms with Crippen LogP contribution in [0.15, 0.2) is 84.9 Å². The van der Waals surface area contributed by atoms with Crippen LogP contribution in [0.1, 0.15) is 26.3 Å². The third kappa shape index (κ3) is 4.48. The lowest BCUT2D eigenvalue weighted by atomic mass is 10.1. The van der Waals surface area contributed by atoms with E-state index in [-0.39, 0.29) is 12.5 Å². The molecule has 5 nitrogen and oxygen atoms in total. The van der Waals surface area contributed by atoms with Crippen LogP contribution in [0.2, 0.25) is 0 Å². The summed E-state index contributed by atoms with van der Waals surface area (Å²) in [4.78, 5) is 24.5. The highest BCUT2D eigenvalue weighted by Gasteiger charge is 2.13. The van der Waals surface area contributed by atoms with Gasteiger partial charge in [0.1, 0.15) is 12.4 Å². The lowest BCUT2D eigenvalue weighted by molar-refractivity contribution is 0.0845. The van der Waals surface area contributed by atoms with E-state index in [1.807, 2.05) is 48.5 Å². The highest BCUT2D eigenvalue weighted by atomic mass is 16.5. The van der Waals surface area contributed by atoms with Gasteiger partial charge in [0.05, 0.1) is 0 Å². The van der Waals surface area contributed by atoms with Gasteiger partial charge in [0, 0.05) is 16.7 Å². The lowest BCUT2D eigenvalue weighted by Crippen LogP contribution is -2.42. The maximum absolute atomic E-state index is 12.4. The molecular formula is C21H18N2O3. The molecule has 130 valence electrons. The lowest BCUT2D eigenvalue weighted by Gasteiger charge is -2.12. The average Bonchev–Trinajstić information content (AvgIpc) is 2.72. The first-order valence-corrected chi connectivity index (χ1v) is 8.15. The summed E-state index contributed by atoms with van der Waals surface area (Å²) in [5.41, 5.74) is 6.49. The summed E-state index contributed by atoms with van der Waals surface area (Å²) in [6.45, 7) is 0.250. The van der Waals surface area contributed by atoms with Gasteiger partial charge in [-0.2, -0.15) is 0 Å². The van der Waals surface area contributed by atoms with Crippen LogP contribution < -0.4 is 15.6 Å². The van der Waals surface area contributed by atoms with E-state index < -0.39 is 5.91 Å². The van der Waals surface area contributed by atoms with Gasteiger partial charge in [0.2, 0.25) is 0 Å². The molecule has 0 aliphatic heterocycles. The predicted molar refractivity (Wildman–Crippen MR) is 98.6 cm³/mol. The Morgan fingerprint density at radius 1 is 0.692 bits per heavy atom. The number of amides is 2. The van der Waals surface area contributed by atoms with Gasteiger partial charge < -0.3 is 4.74 Å². The summed E-state index contributed by atoms with van der Waals surface area (Å²) in [6, 6.07) is 25.1. The number of hydrogen-bond donors (Lipinski definition) is 2. The van der Waals surface area contributed by atoms with E-state index in [4.69, 9.17) is 4.74 Å². The summed E-state index contributed by atoms with van der Waals surface area (Å²) >= 11 is 0. The van der Waals surface area contributed by atoms with Crippen molar-refractivity contribution in [3.63, 3.8) is 0 Å². The van der Waals surface area contributed by atoms with Crippen molar-refractivity contribution in [3.05, 3.63) is 102 Å². The number of rotatable bonds is 5. The molecule has 0 aliphatic rings. The Bertz CT molecular complexity index is 880. The highest BCUT2D eigenvalue weighted by Crippen LogP contribution is 2.14. The first kappa shape index (κ1) is 17.2. The van der Waals surface area contributed by atoms with Crippen molar-refractivity contribution >= 4 is 11.8 Å². The van der Waals surface area contributed by atoms with Gasteiger partial charge in [-0.3, -0.25) is 20.4 Å². The zero-order valence-corrected chi connectivity index (χ0v) is 14.0. The number of hydrogen-bond acceptors (Lipinski definition) is 3. The first-order chi connectivity index (χ1) is 12.7. The molecule has 2 amide bonds. The standard InChI is InChI=1S/C21H18N2O3/c24-20(16-9-3-1-4-10-16)22-23-21(25)19-14-8-7-11-17(19)15-26-18-12-5-2-6-13-18/h1-14H,15H2,(H,22,24)(H,23,25). The first-order valence-electron chi connectivity index (χ1n) is 8.15. The van der Waals surface area contributed by atoms with Crippen LogP contribution in [0.3, 0.4) is 0 Å². The molecule has 3 aromatic rings. The molecule has 3 rings (SSSR count). The molecule has 0 aromatic heterocycles. The normalized spacial score (nSPS) is 10.0. The summed E-state index contributed by atoms with van der Waals surface area (Å²) in [6.07, 6.45) is 0. The van der Waals surface area contributed by atoms with Gasteiger partial charge in [-0.05, 0) is 30.3 Å². The Labute approximate surface area is 151 Å². The van der Waals surface area contributed by atoms with Crippen molar-refractivity contribution in [3.8, 4) is 5.75 Å². The van der Waals surface area contributed by atoms with Crippen LogP contribution in [0, 0.1) is 0 Å². The topological polar surface area (TPSA) is 67.4 Å². The second-order valence-electron chi connectivity index (χ2n) is 5.53. The number of hydrazine groups is 1. The quantitative estimate of drug-likeness (QED) is 0.696. The number of carbonyl (C=O) groups is 2. The molecule has 0 spiro atoms. The van der Waals surface area contributed by atoms with Crippen LogP contribution in [0.4, 0.5) is 0 Å². The Balaban J connectivity index is 1.63. The molecule has 26 heavy (non-hydrogen) atoms. The van der Waals surface area contributed by atoms with Gasteiger partial charge in [-0.15, -0.1) is 0 Å². The van der Waals surface area contributed by atoms with E-state index in [1.54, 1.807) is 36.4 Å². The van der Waals surface area contributed by atoms with Crippen LogP contribution in [-0.2, 0) is 6.61 Å². The Hall–Kier alpha value is -3.60. The van der Waals surface area contributed by atoms with E-state index in [1.165, 1.54) is 0 Å². The molecule has 0 atom stereocenters. The zero-order valence-electron chi connectivity index (χ0n) is 14.0. The summed E-state index contributed by atoms with van der Waals surface area (Å²) in [5, 5.41) is 0. The fourth-order valence-electron chi connectivity index (χ4n) is 2.39. The molecule has 0 unspecified atom stereocenters. The Morgan fingerprint density at radius 3 is 2.00 bits per heavy atom. The number of nitrogens with one attached hydrogen (secondary N) is 2. The molecule has 0 radical (unpaired) electrons. The van der Waals surface area contributed by atoms with Crippen LogP contribution >= 0.6 is 0 Å². The molecular weight excluding hydrogens is 328 g/mol. The van der Waals surface area contributed by atoms with Crippen molar-refractivity contribution in [1.82, 2.24) is 10.9 Å². The van der Waals surface area contributed by atoms with Crippen molar-refractivity contribution in [2.24, 2.45) is 0 Å².